The Labute approximate surface area is 115 Å². The zero-order chi connectivity index (χ0) is 13.1. The standard InChI is InChI=1S/C12H19BrN4O/c1-2-17-12(18)11(13)10(8-15-17)16-5-3-9(7-14)4-6-16/h8-9H,2-7,14H2,1H3. The third-order valence-electron chi connectivity index (χ3n) is 3.55. The minimum atomic E-state index is -0.0593. The van der Waals surface area contributed by atoms with Crippen molar-refractivity contribution in [2.75, 3.05) is 24.5 Å². The third-order valence-corrected chi connectivity index (χ3v) is 4.30. The van der Waals surface area contributed by atoms with Crippen LogP contribution < -0.4 is 16.2 Å². The van der Waals surface area contributed by atoms with Crippen LogP contribution in [0.3, 0.4) is 0 Å². The minimum absolute atomic E-state index is 0.0593. The van der Waals surface area contributed by atoms with E-state index >= 15 is 0 Å². The molecule has 0 aliphatic carbocycles. The number of aromatic nitrogens is 2. The van der Waals surface area contributed by atoms with E-state index in [9.17, 15) is 4.79 Å². The Balaban J connectivity index is 2.20. The first-order valence-electron chi connectivity index (χ1n) is 6.38. The number of rotatable bonds is 3. The lowest BCUT2D eigenvalue weighted by atomic mass is 9.97. The molecule has 18 heavy (non-hydrogen) atoms. The summed E-state index contributed by atoms with van der Waals surface area (Å²) in [6.07, 6.45) is 3.94. The molecule has 0 amide bonds. The third kappa shape index (κ3) is 2.59. The Morgan fingerprint density at radius 1 is 1.50 bits per heavy atom. The van der Waals surface area contributed by atoms with E-state index in [0.29, 0.717) is 16.9 Å². The lowest BCUT2D eigenvalue weighted by Gasteiger charge is -2.33. The molecule has 1 saturated heterocycles. The fraction of sp³-hybridized carbons (Fsp3) is 0.667. The van der Waals surface area contributed by atoms with Crippen LogP contribution >= 0.6 is 15.9 Å². The zero-order valence-electron chi connectivity index (χ0n) is 10.6. The molecule has 1 aliphatic rings. The maximum Gasteiger partial charge on any atom is 0.283 e. The molecule has 1 aliphatic heterocycles. The normalized spacial score (nSPS) is 17.2. The lowest BCUT2D eigenvalue weighted by molar-refractivity contribution is 0.413. The monoisotopic (exact) mass is 314 g/mol. The number of anilines is 1. The number of halogens is 1. The lowest BCUT2D eigenvalue weighted by Crippen LogP contribution is -2.37. The van der Waals surface area contributed by atoms with Crippen molar-refractivity contribution in [1.82, 2.24) is 9.78 Å². The molecule has 0 radical (unpaired) electrons. The maximum atomic E-state index is 12.0. The van der Waals surface area contributed by atoms with Crippen molar-refractivity contribution >= 4 is 21.6 Å². The molecule has 2 N–H and O–H groups in total. The number of aryl methyl sites for hydroxylation is 1. The molecule has 6 heteroatoms. The van der Waals surface area contributed by atoms with Crippen molar-refractivity contribution in [3.8, 4) is 0 Å². The van der Waals surface area contributed by atoms with E-state index in [2.05, 4.69) is 25.9 Å². The first kappa shape index (κ1) is 13.5. The number of piperidine rings is 1. The van der Waals surface area contributed by atoms with E-state index in [1.807, 2.05) is 6.92 Å². The van der Waals surface area contributed by atoms with Crippen molar-refractivity contribution in [3.05, 3.63) is 21.0 Å². The van der Waals surface area contributed by atoms with Crippen LogP contribution in [0.1, 0.15) is 19.8 Å². The fourth-order valence-corrected chi connectivity index (χ4v) is 2.87. The summed E-state index contributed by atoms with van der Waals surface area (Å²) < 4.78 is 2.07. The summed E-state index contributed by atoms with van der Waals surface area (Å²) >= 11 is 3.40. The number of nitrogens with two attached hydrogens (primary N) is 1. The Morgan fingerprint density at radius 2 is 2.17 bits per heavy atom. The van der Waals surface area contributed by atoms with E-state index in [1.165, 1.54) is 4.68 Å². The summed E-state index contributed by atoms with van der Waals surface area (Å²) in [4.78, 5) is 14.2. The van der Waals surface area contributed by atoms with Gasteiger partial charge in [-0.2, -0.15) is 5.10 Å². The summed E-state index contributed by atoms with van der Waals surface area (Å²) in [5, 5.41) is 4.18. The molecule has 0 bridgehead atoms. The minimum Gasteiger partial charge on any atom is -0.369 e. The molecule has 0 atom stereocenters. The Hall–Kier alpha value is -0.880. The van der Waals surface area contributed by atoms with Gasteiger partial charge in [-0.25, -0.2) is 4.68 Å². The van der Waals surface area contributed by atoms with Gasteiger partial charge >= 0.3 is 0 Å². The van der Waals surface area contributed by atoms with Crippen LogP contribution in [0.2, 0.25) is 0 Å². The molecule has 1 fully saturated rings. The van der Waals surface area contributed by atoms with Gasteiger partial charge in [-0.3, -0.25) is 4.79 Å². The molecular weight excluding hydrogens is 296 g/mol. The summed E-state index contributed by atoms with van der Waals surface area (Å²) in [7, 11) is 0. The highest BCUT2D eigenvalue weighted by Gasteiger charge is 2.21. The van der Waals surface area contributed by atoms with Gasteiger partial charge in [0, 0.05) is 19.6 Å². The summed E-state index contributed by atoms with van der Waals surface area (Å²) in [6.45, 7) is 5.14. The van der Waals surface area contributed by atoms with Crippen molar-refractivity contribution in [3.63, 3.8) is 0 Å². The van der Waals surface area contributed by atoms with Crippen LogP contribution in [0.25, 0.3) is 0 Å². The molecule has 1 aromatic rings. The highest BCUT2D eigenvalue weighted by Crippen LogP contribution is 2.26. The summed E-state index contributed by atoms with van der Waals surface area (Å²) in [5.74, 6) is 0.615. The average molecular weight is 315 g/mol. The molecule has 2 rings (SSSR count). The highest BCUT2D eigenvalue weighted by molar-refractivity contribution is 9.10. The summed E-state index contributed by atoms with van der Waals surface area (Å²) in [5.41, 5.74) is 6.53. The van der Waals surface area contributed by atoms with E-state index < -0.39 is 0 Å². The molecule has 1 aromatic heterocycles. The molecule has 2 heterocycles. The Kier molecular flexibility index (Phi) is 4.40. The van der Waals surface area contributed by atoms with E-state index in [0.717, 1.165) is 38.2 Å². The molecular formula is C12H19BrN4O. The van der Waals surface area contributed by atoms with Gasteiger partial charge < -0.3 is 10.6 Å². The molecule has 0 unspecified atom stereocenters. The van der Waals surface area contributed by atoms with Crippen molar-refractivity contribution in [2.24, 2.45) is 11.7 Å². The van der Waals surface area contributed by atoms with Crippen LogP contribution in [0.15, 0.2) is 15.5 Å². The first-order valence-corrected chi connectivity index (χ1v) is 7.17. The van der Waals surface area contributed by atoms with Gasteiger partial charge in [-0.15, -0.1) is 0 Å². The van der Waals surface area contributed by atoms with Gasteiger partial charge in [0.2, 0.25) is 0 Å². The van der Waals surface area contributed by atoms with Crippen molar-refractivity contribution < 1.29 is 0 Å². The molecule has 0 spiro atoms. The SMILES string of the molecule is CCn1ncc(N2CCC(CN)CC2)c(Br)c1=O. The van der Waals surface area contributed by atoms with Crippen LogP contribution in [0, 0.1) is 5.92 Å². The van der Waals surface area contributed by atoms with Gasteiger partial charge in [0.1, 0.15) is 4.47 Å². The van der Waals surface area contributed by atoms with E-state index in [-0.39, 0.29) is 5.56 Å². The molecule has 5 nitrogen and oxygen atoms in total. The van der Waals surface area contributed by atoms with Gasteiger partial charge in [0.15, 0.2) is 0 Å². The molecule has 100 valence electrons. The number of nitrogens with zero attached hydrogens (tertiary/aromatic N) is 3. The smallest absolute Gasteiger partial charge is 0.283 e. The second-order valence-electron chi connectivity index (χ2n) is 4.63. The van der Waals surface area contributed by atoms with E-state index in [4.69, 9.17) is 5.73 Å². The largest absolute Gasteiger partial charge is 0.369 e. The zero-order valence-corrected chi connectivity index (χ0v) is 12.2. The second-order valence-corrected chi connectivity index (χ2v) is 5.42. The number of hydrogen-bond donors (Lipinski definition) is 1. The van der Waals surface area contributed by atoms with Gasteiger partial charge in [-0.1, -0.05) is 0 Å². The second kappa shape index (κ2) is 5.84. The van der Waals surface area contributed by atoms with Crippen LogP contribution in [-0.2, 0) is 6.54 Å². The van der Waals surface area contributed by atoms with Crippen LogP contribution in [0.4, 0.5) is 5.69 Å². The van der Waals surface area contributed by atoms with Gasteiger partial charge in [-0.05, 0) is 48.2 Å². The van der Waals surface area contributed by atoms with Crippen LogP contribution in [0.5, 0.6) is 0 Å². The van der Waals surface area contributed by atoms with Crippen LogP contribution in [-0.4, -0.2) is 29.4 Å². The fourth-order valence-electron chi connectivity index (χ4n) is 2.31. The van der Waals surface area contributed by atoms with Gasteiger partial charge in [0.25, 0.3) is 5.56 Å². The quantitative estimate of drug-likeness (QED) is 0.910. The Bertz CT molecular complexity index is 466. The Morgan fingerprint density at radius 3 is 2.72 bits per heavy atom. The van der Waals surface area contributed by atoms with Crippen molar-refractivity contribution in [2.45, 2.75) is 26.3 Å². The number of hydrogen-bond acceptors (Lipinski definition) is 4. The topological polar surface area (TPSA) is 64.2 Å². The predicted octanol–water partition coefficient (Wildman–Crippen LogP) is 1.20. The molecule has 0 saturated carbocycles. The maximum absolute atomic E-state index is 12.0. The summed E-state index contributed by atoms with van der Waals surface area (Å²) in [6, 6.07) is 0. The van der Waals surface area contributed by atoms with Gasteiger partial charge in [0.05, 0.1) is 11.9 Å². The van der Waals surface area contributed by atoms with Crippen molar-refractivity contribution in [1.29, 1.82) is 0 Å². The average Bonchev–Trinajstić information content (AvgIpc) is 2.42. The molecule has 0 aromatic carbocycles. The van der Waals surface area contributed by atoms with E-state index in [1.54, 1.807) is 6.20 Å². The highest BCUT2D eigenvalue weighted by atomic mass is 79.9. The predicted molar refractivity (Wildman–Crippen MR) is 75.9 cm³/mol. The first-order chi connectivity index (χ1) is 8.67.